The standard InChI is InChI=1S/C19H23ClIN3O/c1-5-12(4)17(20)23-18-15(6-2)22-19(25)16(7-3)24(18)14-10-8-9-13(21)11-14/h6,8-11,16H,5,7H2,1-4H3,(H,22,25)/b15-6+,17-12+,23-18-. The first kappa shape index (κ1) is 20.0. The molecule has 0 spiro atoms. The van der Waals surface area contributed by atoms with Crippen LogP contribution in [0.1, 0.15) is 40.5 Å². The minimum absolute atomic E-state index is 0.0271. The zero-order valence-electron chi connectivity index (χ0n) is 14.9. The van der Waals surface area contributed by atoms with Crippen LogP contribution in [0.3, 0.4) is 0 Å². The molecule has 1 aromatic rings. The van der Waals surface area contributed by atoms with E-state index in [2.05, 4.69) is 39.0 Å². The second-order valence-corrected chi connectivity index (χ2v) is 7.43. The van der Waals surface area contributed by atoms with Gasteiger partial charge in [0.15, 0.2) is 5.84 Å². The maximum atomic E-state index is 12.6. The highest BCUT2D eigenvalue weighted by Gasteiger charge is 2.36. The summed E-state index contributed by atoms with van der Waals surface area (Å²) in [5, 5.41) is 3.43. The highest BCUT2D eigenvalue weighted by molar-refractivity contribution is 14.1. The minimum Gasteiger partial charge on any atom is -0.321 e. The van der Waals surface area contributed by atoms with Crippen LogP contribution in [0.2, 0.25) is 0 Å². The van der Waals surface area contributed by atoms with Crippen LogP contribution in [0.4, 0.5) is 5.69 Å². The number of amides is 1. The van der Waals surface area contributed by atoms with E-state index in [1.54, 1.807) is 0 Å². The van der Waals surface area contributed by atoms with Gasteiger partial charge in [-0.1, -0.05) is 37.6 Å². The molecule has 1 unspecified atom stereocenters. The first-order valence-electron chi connectivity index (χ1n) is 8.39. The minimum atomic E-state index is -0.327. The van der Waals surface area contributed by atoms with Crippen LogP contribution in [0.15, 0.2) is 51.8 Å². The lowest BCUT2D eigenvalue weighted by atomic mass is 10.1. The molecule has 4 nitrogen and oxygen atoms in total. The number of anilines is 1. The predicted octanol–water partition coefficient (Wildman–Crippen LogP) is 5.19. The maximum absolute atomic E-state index is 12.6. The number of aliphatic imine (C=N–C) groups is 1. The number of carbonyl (C=O) groups excluding carboxylic acids is 1. The zero-order valence-corrected chi connectivity index (χ0v) is 17.9. The van der Waals surface area contributed by atoms with Crippen molar-refractivity contribution in [3.63, 3.8) is 0 Å². The molecule has 0 aliphatic carbocycles. The summed E-state index contributed by atoms with van der Waals surface area (Å²) in [6.07, 6.45) is 3.35. The molecule has 1 atom stereocenters. The molecular formula is C19H23ClIN3O. The van der Waals surface area contributed by atoms with Gasteiger partial charge in [-0.05, 0) is 73.1 Å². The Labute approximate surface area is 168 Å². The fourth-order valence-electron chi connectivity index (χ4n) is 2.61. The van der Waals surface area contributed by atoms with Gasteiger partial charge in [0.2, 0.25) is 5.91 Å². The summed E-state index contributed by atoms with van der Waals surface area (Å²) in [5.74, 6) is 0.648. The lowest BCUT2D eigenvalue weighted by Gasteiger charge is -2.38. The third-order valence-corrected chi connectivity index (χ3v) is 5.27. The van der Waals surface area contributed by atoms with Crippen molar-refractivity contribution in [3.05, 3.63) is 50.3 Å². The van der Waals surface area contributed by atoms with Gasteiger partial charge in [0, 0.05) is 9.26 Å². The number of halogens is 2. The number of benzene rings is 1. The molecule has 25 heavy (non-hydrogen) atoms. The molecule has 0 radical (unpaired) electrons. The molecule has 1 N–H and O–H groups in total. The Morgan fingerprint density at radius 2 is 2.16 bits per heavy atom. The lowest BCUT2D eigenvalue weighted by Crippen LogP contribution is -2.57. The van der Waals surface area contributed by atoms with Crippen molar-refractivity contribution in [1.82, 2.24) is 5.32 Å². The van der Waals surface area contributed by atoms with Crippen LogP contribution >= 0.6 is 34.2 Å². The van der Waals surface area contributed by atoms with Crippen molar-refractivity contribution in [2.45, 2.75) is 46.6 Å². The van der Waals surface area contributed by atoms with Crippen molar-refractivity contribution in [3.8, 4) is 0 Å². The summed E-state index contributed by atoms with van der Waals surface area (Å²) in [5.41, 5.74) is 2.62. The second-order valence-electron chi connectivity index (χ2n) is 5.83. The summed E-state index contributed by atoms with van der Waals surface area (Å²) in [4.78, 5) is 19.3. The lowest BCUT2D eigenvalue weighted by molar-refractivity contribution is -0.121. The van der Waals surface area contributed by atoms with Crippen molar-refractivity contribution in [2.75, 3.05) is 4.90 Å². The van der Waals surface area contributed by atoms with E-state index in [1.165, 1.54) is 0 Å². The maximum Gasteiger partial charge on any atom is 0.247 e. The Hall–Kier alpha value is -1.34. The summed E-state index contributed by atoms with van der Waals surface area (Å²) in [6, 6.07) is 7.73. The fourth-order valence-corrected chi connectivity index (χ4v) is 3.35. The molecule has 134 valence electrons. The molecule has 1 aliphatic heterocycles. The van der Waals surface area contributed by atoms with Crippen LogP contribution in [0.25, 0.3) is 0 Å². The van der Waals surface area contributed by atoms with Crippen molar-refractivity contribution < 1.29 is 4.79 Å². The highest BCUT2D eigenvalue weighted by atomic mass is 127. The van der Waals surface area contributed by atoms with Gasteiger partial charge in [-0.15, -0.1) is 0 Å². The number of carbonyl (C=O) groups is 1. The molecule has 6 heteroatoms. The number of allylic oxidation sites excluding steroid dienone is 2. The van der Waals surface area contributed by atoms with Gasteiger partial charge in [0.05, 0.1) is 5.70 Å². The van der Waals surface area contributed by atoms with Crippen molar-refractivity contribution in [2.24, 2.45) is 4.99 Å². The Balaban J connectivity index is 2.67. The number of rotatable bonds is 4. The van der Waals surface area contributed by atoms with Gasteiger partial charge >= 0.3 is 0 Å². The molecule has 1 amide bonds. The largest absolute Gasteiger partial charge is 0.321 e. The van der Waals surface area contributed by atoms with Crippen LogP contribution in [-0.4, -0.2) is 17.8 Å². The highest BCUT2D eigenvalue weighted by Crippen LogP contribution is 2.28. The Morgan fingerprint density at radius 1 is 1.44 bits per heavy atom. The van der Waals surface area contributed by atoms with E-state index >= 15 is 0 Å². The molecular weight excluding hydrogens is 449 g/mol. The quantitative estimate of drug-likeness (QED) is 0.485. The van der Waals surface area contributed by atoms with Crippen LogP contribution in [-0.2, 0) is 4.79 Å². The van der Waals surface area contributed by atoms with Crippen molar-refractivity contribution >= 4 is 51.6 Å². The molecule has 1 aromatic carbocycles. The van der Waals surface area contributed by atoms with Gasteiger partial charge in [-0.3, -0.25) is 4.79 Å². The first-order valence-corrected chi connectivity index (χ1v) is 9.84. The average Bonchev–Trinajstić information content (AvgIpc) is 2.61. The Bertz CT molecular complexity index is 755. The molecule has 1 fully saturated rings. The Kier molecular flexibility index (Phi) is 7.07. The molecule has 0 saturated carbocycles. The van der Waals surface area contributed by atoms with Crippen LogP contribution < -0.4 is 10.2 Å². The molecule has 1 heterocycles. The van der Waals surface area contributed by atoms with Crippen LogP contribution in [0, 0.1) is 3.57 Å². The molecule has 1 aliphatic rings. The monoisotopic (exact) mass is 471 g/mol. The number of nitrogens with one attached hydrogen (secondary N) is 1. The van der Waals surface area contributed by atoms with Crippen molar-refractivity contribution in [1.29, 1.82) is 0 Å². The van der Waals surface area contributed by atoms with E-state index in [4.69, 9.17) is 11.6 Å². The normalized spacial score (nSPS) is 22.2. The van der Waals surface area contributed by atoms with E-state index in [0.29, 0.717) is 23.1 Å². The smallest absolute Gasteiger partial charge is 0.247 e. The van der Waals surface area contributed by atoms with Gasteiger partial charge in [0.25, 0.3) is 0 Å². The SMILES string of the molecule is C/C=C1/NC(=O)C(CC)N(c2cccc(I)c2)/C1=N\C(Cl)=C(/C)CC. The topological polar surface area (TPSA) is 44.7 Å². The summed E-state index contributed by atoms with van der Waals surface area (Å²) < 4.78 is 1.10. The van der Waals surface area contributed by atoms with Gasteiger partial charge in [-0.25, -0.2) is 4.99 Å². The van der Waals surface area contributed by atoms with Gasteiger partial charge < -0.3 is 10.2 Å². The number of hydrogen-bond acceptors (Lipinski definition) is 2. The number of amidine groups is 1. The second kappa shape index (κ2) is 8.85. The molecule has 0 aromatic heterocycles. The van der Waals surface area contributed by atoms with E-state index < -0.39 is 0 Å². The molecule has 0 bridgehead atoms. The molecule has 1 saturated heterocycles. The number of piperazine rings is 1. The van der Waals surface area contributed by atoms with Gasteiger partial charge in [-0.2, -0.15) is 0 Å². The predicted molar refractivity (Wildman–Crippen MR) is 114 cm³/mol. The van der Waals surface area contributed by atoms with Crippen LogP contribution in [0.5, 0.6) is 0 Å². The Morgan fingerprint density at radius 3 is 2.72 bits per heavy atom. The van der Waals surface area contributed by atoms with E-state index in [-0.39, 0.29) is 11.9 Å². The van der Waals surface area contributed by atoms with E-state index in [1.807, 2.05) is 56.9 Å². The summed E-state index contributed by atoms with van der Waals surface area (Å²) >= 11 is 8.70. The summed E-state index contributed by atoms with van der Waals surface area (Å²) in [6.45, 7) is 7.90. The van der Waals surface area contributed by atoms with E-state index in [9.17, 15) is 4.79 Å². The number of hydrogen-bond donors (Lipinski definition) is 1. The third-order valence-electron chi connectivity index (χ3n) is 4.19. The van der Waals surface area contributed by atoms with Gasteiger partial charge in [0.1, 0.15) is 11.2 Å². The number of nitrogens with zero attached hydrogens (tertiary/aromatic N) is 2. The molecule has 2 rings (SSSR count). The summed E-state index contributed by atoms with van der Waals surface area (Å²) in [7, 11) is 0. The zero-order chi connectivity index (χ0) is 18.6. The van der Waals surface area contributed by atoms with E-state index in [0.717, 1.165) is 21.3 Å². The fraction of sp³-hybridized carbons (Fsp3) is 0.368. The third kappa shape index (κ3) is 4.44. The average molecular weight is 472 g/mol. The first-order chi connectivity index (χ1) is 11.9.